The van der Waals surface area contributed by atoms with Crippen molar-refractivity contribution in [1.29, 1.82) is 0 Å². The Bertz CT molecular complexity index is 3250. The van der Waals surface area contributed by atoms with E-state index in [9.17, 15) is 157 Å². The fraction of sp³-hybridized carbons (Fsp3) is 0.940. The number of rotatable bonds is 31. The lowest BCUT2D eigenvalue weighted by Gasteiger charge is -2.52. The number of carbonyl (C=O) groups excluding carboxylic acids is 4. The van der Waals surface area contributed by atoms with Crippen LogP contribution < -0.4 is 21.3 Å². The Balaban J connectivity index is 1.07. The monoisotopic (exact) mass is 1770 g/mol. The molecular formula is C67H112N4O50. The first-order valence-corrected chi connectivity index (χ1v) is 38.6. The Kier molecular flexibility index (Phi) is 35.6. The fourth-order valence-electron chi connectivity index (χ4n) is 15.6. The van der Waals surface area contributed by atoms with Crippen LogP contribution in [-0.4, -0.2) is 528 Å². The zero-order chi connectivity index (χ0) is 88.9. The summed E-state index contributed by atoms with van der Waals surface area (Å²) in [5.41, 5.74) is 0. The van der Waals surface area contributed by atoms with Gasteiger partial charge in [0.15, 0.2) is 62.9 Å². The SMILES string of the molecule is CC(=O)N[C@@H]1[C@@H](O)[C@H](O[C@@H]2O[C@H](CO)[C@@H](O[C@@H]3O[C@H](CO[C@H]4O[C@H](CO)[C@@H](O)[C@H](O)[C@@H]4O[C@@H]4O[C@H](CO)[C@@H](O)[C@H](O[C@@H]5O[C@H](CO)[C@H](O)[C@H](O)[C@H]5O)[C@H]4NC(C)=O)[C@@H](O)[C@H](O[C@H]4O[C@H](CO)[C@@H](O)[C@H](O)[C@@H]4O[C@@H]4O[C@H](CO)[C@@H](O)[C@H](O[C@@H]5O[C@H](CO)[C@H](O)[C@H](O)[C@H]5O)[C@H]4NC(C)=O)[C@@H]3O[C@@H]3OC[C@@H](O)[C@H](O)[C@H]3O)[C@H](O)[C@H]2NC(C)=O)[C@@H](CO)O[C@@H]1O. The fourth-order valence-corrected chi connectivity index (χ4v) is 15.6. The molecule has 0 aromatic carbocycles. The molecule has 0 aromatic rings. The molecule has 10 heterocycles. The van der Waals surface area contributed by atoms with E-state index in [2.05, 4.69) is 21.3 Å². The number of nitrogens with one attached hydrogen (secondary N) is 4. The number of hydrogen-bond donors (Lipinski definition) is 31. The van der Waals surface area contributed by atoms with E-state index in [0.717, 1.165) is 27.7 Å². The molecule has 54 nitrogen and oxygen atoms in total. The van der Waals surface area contributed by atoms with Gasteiger partial charge in [-0.25, -0.2) is 0 Å². The van der Waals surface area contributed by atoms with Crippen LogP contribution in [0.3, 0.4) is 0 Å². The minimum atomic E-state index is -2.62. The molecule has 54 heteroatoms. The van der Waals surface area contributed by atoms with Crippen molar-refractivity contribution in [3.8, 4) is 0 Å². The van der Waals surface area contributed by atoms with E-state index in [-0.39, 0.29) is 0 Å². The molecule has 0 spiro atoms. The molecule has 700 valence electrons. The highest BCUT2D eigenvalue weighted by molar-refractivity contribution is 5.74. The second-order valence-electron chi connectivity index (χ2n) is 30.5. The summed E-state index contributed by atoms with van der Waals surface area (Å²) >= 11 is 0. The van der Waals surface area contributed by atoms with Crippen molar-refractivity contribution in [2.24, 2.45) is 0 Å². The second kappa shape index (κ2) is 43.4. The molecule has 0 aromatic heterocycles. The minimum absolute atomic E-state index is 0.820. The summed E-state index contributed by atoms with van der Waals surface area (Å²) in [5.74, 6) is -3.80. The molecule has 10 rings (SSSR count). The highest BCUT2D eigenvalue weighted by Gasteiger charge is 2.62. The number of aliphatic hydroxyl groups excluding tert-OH is 27. The molecular weight excluding hydrogens is 1660 g/mol. The van der Waals surface area contributed by atoms with Crippen molar-refractivity contribution in [3.63, 3.8) is 0 Å². The molecule has 0 bridgehead atoms. The number of aliphatic hydroxyl groups is 27. The maximum Gasteiger partial charge on any atom is 0.217 e. The van der Waals surface area contributed by atoms with E-state index in [1.807, 2.05) is 0 Å². The van der Waals surface area contributed by atoms with Crippen LogP contribution in [0.5, 0.6) is 0 Å². The Morgan fingerprint density at radius 1 is 0.248 bits per heavy atom. The van der Waals surface area contributed by atoms with Gasteiger partial charge in [0.25, 0.3) is 0 Å². The van der Waals surface area contributed by atoms with Crippen LogP contribution in [0.15, 0.2) is 0 Å². The van der Waals surface area contributed by atoms with E-state index in [1.54, 1.807) is 0 Å². The predicted octanol–water partition coefficient (Wildman–Crippen LogP) is -21.6. The molecule has 0 aliphatic carbocycles. The summed E-state index contributed by atoms with van der Waals surface area (Å²) in [6.45, 7) is -7.57. The first-order valence-electron chi connectivity index (χ1n) is 38.6. The number of carbonyl (C=O) groups is 4. The zero-order valence-electron chi connectivity index (χ0n) is 64.8. The smallest absolute Gasteiger partial charge is 0.217 e. The molecule has 10 saturated heterocycles. The van der Waals surface area contributed by atoms with Crippen LogP contribution >= 0.6 is 0 Å². The zero-order valence-corrected chi connectivity index (χ0v) is 64.8. The van der Waals surface area contributed by atoms with Gasteiger partial charge in [0.2, 0.25) is 23.6 Å². The lowest BCUT2D eigenvalue weighted by atomic mass is 9.93. The van der Waals surface area contributed by atoms with Crippen LogP contribution in [0.25, 0.3) is 0 Å². The molecule has 4 amide bonds. The highest BCUT2D eigenvalue weighted by Crippen LogP contribution is 2.42. The van der Waals surface area contributed by atoms with E-state index >= 15 is 0 Å². The van der Waals surface area contributed by atoms with Gasteiger partial charge in [-0.1, -0.05) is 0 Å². The molecule has 49 atom stereocenters. The quantitative estimate of drug-likeness (QED) is 0.0306. The summed E-state index contributed by atoms with van der Waals surface area (Å²) in [6.07, 6.45) is -97.6. The highest BCUT2D eigenvalue weighted by atomic mass is 16.8. The third-order valence-electron chi connectivity index (χ3n) is 22.1. The molecule has 31 N–H and O–H groups in total. The van der Waals surface area contributed by atoms with E-state index in [1.165, 1.54) is 0 Å². The lowest BCUT2D eigenvalue weighted by molar-refractivity contribution is -0.412. The van der Waals surface area contributed by atoms with E-state index in [4.69, 9.17) is 90.0 Å². The van der Waals surface area contributed by atoms with Gasteiger partial charge in [0, 0.05) is 27.7 Å². The van der Waals surface area contributed by atoms with Gasteiger partial charge in [-0.2, -0.15) is 0 Å². The molecule has 0 saturated carbocycles. The van der Waals surface area contributed by atoms with Crippen LogP contribution in [0, 0.1) is 0 Å². The summed E-state index contributed by atoms with van der Waals surface area (Å²) in [5, 5.41) is 311. The first kappa shape index (κ1) is 99.2. The normalized spacial score (nSPS) is 49.4. The third-order valence-corrected chi connectivity index (χ3v) is 22.1. The number of hydrogen-bond acceptors (Lipinski definition) is 50. The van der Waals surface area contributed by atoms with E-state index < -0.39 is 390 Å². The first-order chi connectivity index (χ1) is 57.3. The Morgan fingerprint density at radius 2 is 0.537 bits per heavy atom. The second-order valence-corrected chi connectivity index (χ2v) is 30.5. The molecule has 10 fully saturated rings. The topological polar surface area (TPSA) is 838 Å². The average Bonchev–Trinajstić information content (AvgIpc) is 0.755. The molecule has 121 heavy (non-hydrogen) atoms. The number of ether oxygens (including phenoxy) is 19. The van der Waals surface area contributed by atoms with Crippen LogP contribution in [0.4, 0.5) is 0 Å². The maximum absolute atomic E-state index is 13.3. The Hall–Kier alpha value is -3.96. The Morgan fingerprint density at radius 3 is 0.983 bits per heavy atom. The summed E-state index contributed by atoms with van der Waals surface area (Å²) in [4.78, 5) is 51.9. The van der Waals surface area contributed by atoms with Gasteiger partial charge < -0.3 is 249 Å². The van der Waals surface area contributed by atoms with Crippen LogP contribution in [0.2, 0.25) is 0 Å². The number of amides is 4. The predicted molar refractivity (Wildman–Crippen MR) is 370 cm³/mol. The van der Waals surface area contributed by atoms with Gasteiger partial charge in [-0.05, 0) is 0 Å². The van der Waals surface area contributed by atoms with Crippen molar-refractivity contribution in [2.45, 2.75) is 328 Å². The average molecular weight is 1770 g/mol. The van der Waals surface area contributed by atoms with Crippen LogP contribution in [0.1, 0.15) is 27.7 Å². The van der Waals surface area contributed by atoms with Crippen molar-refractivity contribution >= 4 is 23.6 Å². The maximum atomic E-state index is 13.3. The van der Waals surface area contributed by atoms with Gasteiger partial charge in [-0.3, -0.25) is 19.2 Å². The lowest BCUT2D eigenvalue weighted by Crippen LogP contribution is -2.71. The van der Waals surface area contributed by atoms with Gasteiger partial charge in [-0.15, -0.1) is 0 Å². The Labute approximate surface area is 684 Å². The largest absolute Gasteiger partial charge is 0.394 e. The van der Waals surface area contributed by atoms with Crippen molar-refractivity contribution in [1.82, 2.24) is 21.3 Å². The van der Waals surface area contributed by atoms with Crippen molar-refractivity contribution in [2.75, 3.05) is 66.1 Å². The van der Waals surface area contributed by atoms with Crippen molar-refractivity contribution in [3.05, 3.63) is 0 Å². The summed E-state index contributed by atoms with van der Waals surface area (Å²) < 4.78 is 115. The van der Waals surface area contributed by atoms with Crippen LogP contribution in [-0.2, 0) is 109 Å². The summed E-state index contributed by atoms with van der Waals surface area (Å²) in [6, 6.07) is -7.69. The van der Waals surface area contributed by atoms with Gasteiger partial charge in [0.1, 0.15) is 238 Å². The summed E-state index contributed by atoms with van der Waals surface area (Å²) in [7, 11) is 0. The molecule has 10 aliphatic heterocycles. The van der Waals surface area contributed by atoms with E-state index in [0.29, 0.717) is 0 Å². The molecule has 0 unspecified atom stereocenters. The van der Waals surface area contributed by atoms with Crippen molar-refractivity contribution < 1.29 is 247 Å². The third kappa shape index (κ3) is 22.0. The minimum Gasteiger partial charge on any atom is -0.394 e. The molecule has 0 radical (unpaired) electrons. The van der Waals surface area contributed by atoms with Gasteiger partial charge >= 0.3 is 0 Å². The standard InChI is InChI=1S/C67H112N4O50/c1-15(80)68-29-41(93)50(26(11-78)105-58(29)102)114-59-30(69-16(2)81)42(94)51(27(12-79)112-59)115-67-57(121-62-47(99)33(85)19(84)13-103-62)54(118-66-56(46(98)37(89)23(8-75)111-66)120-61-32(71-18(4)83)53(39(91)25(10-77)107-61)117-64-49(101)44(96)35(87)21(6-73)109-64)40(92)28(113-67)14-104-65-55(45(97)36(88)22(7-74)110-65)119-60-31(70-17(3)82)52(38(90)24(9-76)106-60)116-63-48(100)43(95)34(86)20(5-72)108-63/h19-67,72-79,84-102H,5-14H2,1-4H3,(H,68,80)(H,69,81)(H,70,82)(H,71,83)/t19-,20-,21-,22-,23-,24-,25-,26-,27-,28-,29-,30-,31-,32-,33+,34+,35+,36-,37-,38-,39-,40-,41-,42-,43+,44+,45+,46+,47-,48-,49-,50-,51-,52-,53-,54+,55+,56+,57+,58+,59+,60+,61+,62+,63+,64+,65+,66-,67+/m1/s1. The van der Waals surface area contributed by atoms with Gasteiger partial charge in [0.05, 0.1) is 66.1 Å². The molecule has 10 aliphatic rings.